The molecule has 0 saturated heterocycles. The number of nitriles is 1. The molecule has 118 valence electrons. The van der Waals surface area contributed by atoms with E-state index in [2.05, 4.69) is 11.4 Å². The quantitative estimate of drug-likeness (QED) is 0.928. The van der Waals surface area contributed by atoms with E-state index in [1.165, 1.54) is 17.8 Å². The van der Waals surface area contributed by atoms with Crippen molar-refractivity contribution in [2.45, 2.75) is 44.4 Å². The lowest BCUT2D eigenvalue weighted by Gasteiger charge is -2.62. The van der Waals surface area contributed by atoms with Gasteiger partial charge >= 0.3 is 6.03 Å². The highest BCUT2D eigenvalue weighted by molar-refractivity contribution is 7.12. The number of methoxy groups -OCH3 is 1. The molecule has 1 spiro atoms. The van der Waals surface area contributed by atoms with Gasteiger partial charge in [0.1, 0.15) is 10.9 Å². The Labute approximate surface area is 134 Å². The Hall–Kier alpha value is -1.58. The lowest BCUT2D eigenvalue weighted by Crippen LogP contribution is -2.68. The van der Waals surface area contributed by atoms with Crippen molar-refractivity contribution in [3.63, 3.8) is 0 Å². The lowest BCUT2D eigenvalue weighted by atomic mass is 9.50. The predicted octanol–water partition coefficient (Wildman–Crippen LogP) is 2.72. The van der Waals surface area contributed by atoms with Gasteiger partial charge in [-0.05, 0) is 31.4 Å². The summed E-state index contributed by atoms with van der Waals surface area (Å²) < 4.78 is 5.56. The number of rotatable bonds is 4. The summed E-state index contributed by atoms with van der Waals surface area (Å²) in [5.41, 5.74) is 0.192. The highest BCUT2D eigenvalue weighted by Crippen LogP contribution is 2.58. The maximum atomic E-state index is 12.4. The molecule has 22 heavy (non-hydrogen) atoms. The second-order valence-electron chi connectivity index (χ2n) is 6.21. The summed E-state index contributed by atoms with van der Waals surface area (Å²) >= 11 is 1.42. The summed E-state index contributed by atoms with van der Waals surface area (Å²) in [5.74, 6) is 0. The van der Waals surface area contributed by atoms with Crippen molar-refractivity contribution >= 4 is 17.4 Å². The van der Waals surface area contributed by atoms with Crippen LogP contribution in [0.3, 0.4) is 0 Å². The van der Waals surface area contributed by atoms with E-state index in [1.807, 2.05) is 18.0 Å². The van der Waals surface area contributed by atoms with Gasteiger partial charge in [0.05, 0.1) is 12.6 Å². The van der Waals surface area contributed by atoms with Gasteiger partial charge in [-0.3, -0.25) is 0 Å². The van der Waals surface area contributed by atoms with Crippen molar-refractivity contribution in [2.75, 3.05) is 14.2 Å². The van der Waals surface area contributed by atoms with Crippen molar-refractivity contribution < 1.29 is 9.53 Å². The molecule has 5 nitrogen and oxygen atoms in total. The molecule has 2 saturated carbocycles. The molecule has 1 aromatic rings. The molecule has 0 aliphatic heterocycles. The maximum Gasteiger partial charge on any atom is 0.317 e. The third-order valence-electron chi connectivity index (χ3n) is 5.28. The zero-order chi connectivity index (χ0) is 15.7. The SMILES string of the molecule is COC1CC(N(C)C(=O)NCc2ccc(C#N)s2)C12CCC2. The van der Waals surface area contributed by atoms with E-state index in [0.717, 1.165) is 24.1 Å². The number of carbonyl (C=O) groups is 1. The van der Waals surface area contributed by atoms with Gasteiger partial charge < -0.3 is 15.0 Å². The summed E-state index contributed by atoms with van der Waals surface area (Å²) in [4.78, 5) is 15.9. The fourth-order valence-corrected chi connectivity index (χ4v) is 4.55. The van der Waals surface area contributed by atoms with E-state index in [4.69, 9.17) is 10.00 Å². The molecule has 1 aromatic heterocycles. The molecule has 2 atom stereocenters. The van der Waals surface area contributed by atoms with Crippen molar-refractivity contribution in [3.8, 4) is 6.07 Å². The van der Waals surface area contributed by atoms with Crippen LogP contribution >= 0.6 is 11.3 Å². The Morgan fingerprint density at radius 2 is 2.36 bits per heavy atom. The molecule has 1 heterocycles. The number of thiophene rings is 1. The standard InChI is InChI=1S/C16H21N3O2S/c1-19(13-8-14(21-2)16(13)6-3-7-16)15(20)18-10-12-5-4-11(9-17)22-12/h4-5,13-14H,3,6-8,10H2,1-2H3,(H,18,20). The summed E-state index contributed by atoms with van der Waals surface area (Å²) in [6.07, 6.45) is 4.78. The summed E-state index contributed by atoms with van der Waals surface area (Å²) in [7, 11) is 3.64. The summed E-state index contributed by atoms with van der Waals surface area (Å²) in [6, 6.07) is 6.03. The van der Waals surface area contributed by atoms with Crippen LogP contribution in [0.15, 0.2) is 12.1 Å². The van der Waals surface area contributed by atoms with E-state index in [0.29, 0.717) is 17.5 Å². The van der Waals surface area contributed by atoms with Gasteiger partial charge in [-0.1, -0.05) is 6.42 Å². The molecular weight excluding hydrogens is 298 g/mol. The van der Waals surface area contributed by atoms with Crippen molar-refractivity contribution in [1.29, 1.82) is 5.26 Å². The third kappa shape index (κ3) is 2.38. The first-order valence-corrected chi connectivity index (χ1v) is 8.44. The smallest absolute Gasteiger partial charge is 0.317 e. The number of carbonyl (C=O) groups excluding carboxylic acids is 1. The zero-order valence-electron chi connectivity index (χ0n) is 13.0. The molecule has 6 heteroatoms. The van der Waals surface area contributed by atoms with Gasteiger partial charge in [0.2, 0.25) is 0 Å². The molecule has 1 N–H and O–H groups in total. The Balaban J connectivity index is 1.55. The van der Waals surface area contributed by atoms with E-state index < -0.39 is 0 Å². The number of nitrogens with one attached hydrogen (secondary N) is 1. The van der Waals surface area contributed by atoms with Gasteiger partial charge in [0.25, 0.3) is 0 Å². The number of hydrogen-bond donors (Lipinski definition) is 1. The zero-order valence-corrected chi connectivity index (χ0v) is 13.8. The van der Waals surface area contributed by atoms with Gasteiger partial charge in [0, 0.05) is 30.5 Å². The monoisotopic (exact) mass is 319 g/mol. The van der Waals surface area contributed by atoms with Crippen LogP contribution in [-0.4, -0.2) is 37.2 Å². The minimum Gasteiger partial charge on any atom is -0.381 e. The van der Waals surface area contributed by atoms with Crippen molar-refractivity contribution in [2.24, 2.45) is 5.41 Å². The number of urea groups is 1. The maximum absolute atomic E-state index is 12.4. The summed E-state index contributed by atoms with van der Waals surface area (Å²) in [5, 5.41) is 11.8. The summed E-state index contributed by atoms with van der Waals surface area (Å²) in [6.45, 7) is 0.475. The highest BCUT2D eigenvalue weighted by atomic mass is 32.1. The highest BCUT2D eigenvalue weighted by Gasteiger charge is 2.60. The molecule has 2 amide bonds. The largest absolute Gasteiger partial charge is 0.381 e. The minimum atomic E-state index is -0.0438. The molecule has 2 unspecified atom stereocenters. The van der Waals surface area contributed by atoms with Crippen molar-refractivity contribution in [3.05, 3.63) is 21.9 Å². The molecule has 2 aliphatic rings. The van der Waals surface area contributed by atoms with Crippen LogP contribution in [0.2, 0.25) is 0 Å². The van der Waals surface area contributed by atoms with Crippen LogP contribution in [0, 0.1) is 16.7 Å². The second kappa shape index (κ2) is 5.90. The molecule has 2 aliphatic carbocycles. The molecule has 2 fully saturated rings. The van der Waals surface area contributed by atoms with Crippen molar-refractivity contribution in [1.82, 2.24) is 10.2 Å². The molecule has 3 rings (SSSR count). The van der Waals surface area contributed by atoms with Crippen LogP contribution < -0.4 is 5.32 Å². The Morgan fingerprint density at radius 1 is 1.59 bits per heavy atom. The van der Waals surface area contributed by atoms with E-state index in [1.54, 1.807) is 13.2 Å². The van der Waals surface area contributed by atoms with Gasteiger partial charge in [-0.15, -0.1) is 11.3 Å². The van der Waals surface area contributed by atoms with Crippen LogP contribution in [0.25, 0.3) is 0 Å². The Morgan fingerprint density at radius 3 is 2.91 bits per heavy atom. The molecular formula is C16H21N3O2S. The second-order valence-corrected chi connectivity index (χ2v) is 7.38. The fraction of sp³-hybridized carbons (Fsp3) is 0.625. The lowest BCUT2D eigenvalue weighted by molar-refractivity contribution is -0.182. The average molecular weight is 319 g/mol. The number of amides is 2. The first-order valence-electron chi connectivity index (χ1n) is 7.63. The topological polar surface area (TPSA) is 65.4 Å². The first-order chi connectivity index (χ1) is 10.6. The number of ether oxygens (including phenoxy) is 1. The Kier molecular flexibility index (Phi) is 4.11. The normalized spacial score (nSPS) is 25.0. The molecule has 0 radical (unpaired) electrons. The average Bonchev–Trinajstić information content (AvgIpc) is 2.90. The van der Waals surface area contributed by atoms with Crippen LogP contribution in [0.4, 0.5) is 4.79 Å². The van der Waals surface area contributed by atoms with Gasteiger partial charge in [-0.25, -0.2) is 4.79 Å². The molecule has 0 aromatic carbocycles. The number of nitrogens with zero attached hydrogens (tertiary/aromatic N) is 2. The van der Waals surface area contributed by atoms with E-state index >= 15 is 0 Å². The first kappa shape index (κ1) is 15.3. The fourth-order valence-electron chi connectivity index (χ4n) is 3.80. The van der Waals surface area contributed by atoms with Crippen LogP contribution in [0.5, 0.6) is 0 Å². The minimum absolute atomic E-state index is 0.0438. The van der Waals surface area contributed by atoms with Crippen LogP contribution in [0.1, 0.15) is 35.4 Å². The van der Waals surface area contributed by atoms with E-state index in [-0.39, 0.29) is 17.5 Å². The predicted molar refractivity (Wildman–Crippen MR) is 84.5 cm³/mol. The third-order valence-corrected chi connectivity index (χ3v) is 6.27. The number of hydrogen-bond acceptors (Lipinski definition) is 4. The van der Waals surface area contributed by atoms with Gasteiger partial charge in [0.15, 0.2) is 0 Å². The molecule has 0 bridgehead atoms. The van der Waals surface area contributed by atoms with E-state index in [9.17, 15) is 4.79 Å². The van der Waals surface area contributed by atoms with Gasteiger partial charge in [-0.2, -0.15) is 5.26 Å². The Bertz CT molecular complexity index is 603. The van der Waals surface area contributed by atoms with Crippen LogP contribution in [-0.2, 0) is 11.3 Å².